The van der Waals surface area contributed by atoms with Crippen LogP contribution in [0.3, 0.4) is 0 Å². The fourth-order valence-corrected chi connectivity index (χ4v) is 2.81. The van der Waals surface area contributed by atoms with E-state index in [1.54, 1.807) is 0 Å². The number of para-hydroxylation sites is 1. The van der Waals surface area contributed by atoms with Crippen LogP contribution in [-0.2, 0) is 0 Å². The molecule has 0 fully saturated rings. The molecule has 2 heterocycles. The van der Waals surface area contributed by atoms with Gasteiger partial charge in [0.25, 0.3) is 0 Å². The average molecular weight is 320 g/mol. The molecular weight excluding hydrogens is 314 g/mol. The van der Waals surface area contributed by atoms with E-state index in [1.165, 1.54) is 6.33 Å². The topological polar surface area (TPSA) is 94.7 Å². The molecule has 0 amide bonds. The minimum atomic E-state index is -0.554. The van der Waals surface area contributed by atoms with Gasteiger partial charge in [0.05, 0.1) is 10.4 Å². The van der Waals surface area contributed by atoms with Crippen molar-refractivity contribution >= 4 is 40.0 Å². The van der Waals surface area contributed by atoms with E-state index in [-0.39, 0.29) is 16.0 Å². The minimum Gasteiger partial charge on any atom is -0.258 e. The van der Waals surface area contributed by atoms with Crippen molar-refractivity contribution in [2.45, 2.75) is 10.1 Å². The molecule has 0 bridgehead atoms. The molecular formula is C12H6ClN5O2S. The van der Waals surface area contributed by atoms with Gasteiger partial charge < -0.3 is 0 Å². The van der Waals surface area contributed by atoms with Crippen molar-refractivity contribution in [3.63, 3.8) is 0 Å². The van der Waals surface area contributed by atoms with E-state index in [9.17, 15) is 10.1 Å². The van der Waals surface area contributed by atoms with Gasteiger partial charge in [0.2, 0.25) is 5.28 Å². The van der Waals surface area contributed by atoms with Crippen LogP contribution in [0.4, 0.5) is 5.69 Å². The van der Waals surface area contributed by atoms with Crippen molar-refractivity contribution in [1.82, 2.24) is 19.9 Å². The highest BCUT2D eigenvalue weighted by Crippen LogP contribution is 2.35. The van der Waals surface area contributed by atoms with Gasteiger partial charge in [-0.3, -0.25) is 10.1 Å². The van der Waals surface area contributed by atoms with Gasteiger partial charge in [-0.05, 0) is 29.4 Å². The Morgan fingerprint density at radius 1 is 1.14 bits per heavy atom. The van der Waals surface area contributed by atoms with E-state index in [2.05, 4.69) is 19.9 Å². The highest BCUT2D eigenvalue weighted by molar-refractivity contribution is 7.99. The lowest BCUT2D eigenvalue weighted by Crippen LogP contribution is -1.96. The Labute approximate surface area is 127 Å². The molecule has 21 heavy (non-hydrogen) atoms. The Morgan fingerprint density at radius 2 is 1.95 bits per heavy atom. The third kappa shape index (κ3) is 2.76. The summed E-state index contributed by atoms with van der Waals surface area (Å²) in [6.07, 6.45) is 2.49. The van der Waals surface area contributed by atoms with Crippen molar-refractivity contribution < 1.29 is 4.92 Å². The van der Waals surface area contributed by atoms with Crippen LogP contribution in [0.25, 0.3) is 10.9 Å². The third-order valence-corrected chi connectivity index (χ3v) is 3.80. The highest BCUT2D eigenvalue weighted by atomic mass is 35.5. The number of benzene rings is 1. The van der Waals surface area contributed by atoms with E-state index < -0.39 is 4.92 Å². The van der Waals surface area contributed by atoms with Crippen molar-refractivity contribution in [1.29, 1.82) is 0 Å². The summed E-state index contributed by atoms with van der Waals surface area (Å²) in [6.45, 7) is 0. The molecule has 3 aromatic rings. The van der Waals surface area contributed by atoms with Gasteiger partial charge in [0.15, 0.2) is 5.03 Å². The van der Waals surface area contributed by atoms with Gasteiger partial charge >= 0.3 is 5.69 Å². The molecule has 0 aliphatic carbocycles. The summed E-state index contributed by atoms with van der Waals surface area (Å²) in [5.74, 6) is 0. The lowest BCUT2D eigenvalue weighted by Gasteiger charge is -2.04. The smallest absolute Gasteiger partial charge is 0.258 e. The molecule has 1 aromatic carbocycles. The third-order valence-electron chi connectivity index (χ3n) is 2.60. The van der Waals surface area contributed by atoms with Crippen LogP contribution in [0.2, 0.25) is 5.28 Å². The van der Waals surface area contributed by atoms with Crippen LogP contribution in [-0.4, -0.2) is 24.9 Å². The van der Waals surface area contributed by atoms with Crippen molar-refractivity contribution in [2.75, 3.05) is 0 Å². The molecule has 0 saturated carbocycles. The van der Waals surface area contributed by atoms with Gasteiger partial charge in [0, 0.05) is 5.39 Å². The quantitative estimate of drug-likeness (QED) is 0.317. The van der Waals surface area contributed by atoms with Crippen LogP contribution in [0.1, 0.15) is 0 Å². The summed E-state index contributed by atoms with van der Waals surface area (Å²) < 4.78 is 0. The predicted octanol–water partition coefficient (Wildman–Crippen LogP) is 3.13. The molecule has 104 valence electrons. The Kier molecular flexibility index (Phi) is 3.63. The highest BCUT2D eigenvalue weighted by Gasteiger charge is 2.19. The standard InChI is InChI=1S/C12H6ClN5O2S/c13-12-14-5-9(18(19)20)11(17-12)21-10-7-3-1-2-4-8(7)15-6-16-10/h1-6H. The van der Waals surface area contributed by atoms with Gasteiger partial charge in [-0.25, -0.2) is 19.9 Å². The summed E-state index contributed by atoms with van der Waals surface area (Å²) in [4.78, 5) is 26.3. The maximum absolute atomic E-state index is 11.0. The summed E-state index contributed by atoms with van der Waals surface area (Å²) >= 11 is 6.77. The molecule has 0 radical (unpaired) electrons. The SMILES string of the molecule is O=[N+]([O-])c1cnc(Cl)nc1Sc1ncnc2ccccc12. The van der Waals surface area contributed by atoms with Crippen molar-refractivity contribution in [3.8, 4) is 0 Å². The van der Waals surface area contributed by atoms with Gasteiger partial charge in [0.1, 0.15) is 17.6 Å². The second-order valence-corrected chi connectivity index (χ2v) is 5.20. The number of fused-ring (bicyclic) bond motifs is 1. The Balaban J connectivity index is 2.11. The van der Waals surface area contributed by atoms with E-state index in [0.29, 0.717) is 5.03 Å². The Morgan fingerprint density at radius 3 is 2.76 bits per heavy atom. The summed E-state index contributed by atoms with van der Waals surface area (Å²) in [6, 6.07) is 7.37. The second-order valence-electron chi connectivity index (χ2n) is 3.88. The average Bonchev–Trinajstić information content (AvgIpc) is 2.47. The van der Waals surface area contributed by atoms with Crippen molar-refractivity contribution in [3.05, 3.63) is 52.2 Å². The van der Waals surface area contributed by atoms with Crippen molar-refractivity contribution in [2.24, 2.45) is 0 Å². The minimum absolute atomic E-state index is 0.0542. The van der Waals surface area contributed by atoms with Crippen LogP contribution in [0.15, 0.2) is 46.8 Å². The fourth-order valence-electron chi connectivity index (χ4n) is 1.69. The number of aromatic nitrogens is 4. The lowest BCUT2D eigenvalue weighted by atomic mass is 10.2. The fraction of sp³-hybridized carbons (Fsp3) is 0. The van der Waals surface area contributed by atoms with E-state index in [4.69, 9.17) is 11.6 Å². The number of nitrogens with zero attached hydrogens (tertiary/aromatic N) is 5. The molecule has 3 rings (SSSR count). The lowest BCUT2D eigenvalue weighted by molar-refractivity contribution is -0.388. The zero-order chi connectivity index (χ0) is 14.8. The first-order valence-electron chi connectivity index (χ1n) is 5.69. The van der Waals surface area contributed by atoms with Gasteiger partial charge in [-0.2, -0.15) is 0 Å². The molecule has 0 spiro atoms. The molecule has 0 atom stereocenters. The first-order chi connectivity index (χ1) is 10.1. The molecule has 0 saturated heterocycles. The molecule has 0 aliphatic rings. The first-order valence-corrected chi connectivity index (χ1v) is 6.89. The molecule has 0 unspecified atom stereocenters. The summed E-state index contributed by atoms with van der Waals surface area (Å²) in [7, 11) is 0. The zero-order valence-corrected chi connectivity index (χ0v) is 11.9. The first kappa shape index (κ1) is 13.7. The molecule has 0 aliphatic heterocycles. The predicted molar refractivity (Wildman–Crippen MR) is 77.4 cm³/mol. The number of nitro groups is 1. The number of rotatable bonds is 3. The Bertz CT molecular complexity index is 839. The molecule has 9 heteroatoms. The Hall–Kier alpha value is -2.32. The molecule has 2 aromatic heterocycles. The maximum Gasteiger partial charge on any atom is 0.320 e. The van der Waals surface area contributed by atoms with E-state index >= 15 is 0 Å². The zero-order valence-electron chi connectivity index (χ0n) is 10.3. The number of hydrogen-bond acceptors (Lipinski definition) is 7. The van der Waals surface area contributed by atoms with Crippen LogP contribution in [0.5, 0.6) is 0 Å². The van der Waals surface area contributed by atoms with Crippen LogP contribution < -0.4 is 0 Å². The van der Waals surface area contributed by atoms with E-state index in [1.807, 2.05) is 24.3 Å². The molecule has 0 N–H and O–H groups in total. The maximum atomic E-state index is 11.0. The number of hydrogen-bond donors (Lipinski definition) is 0. The summed E-state index contributed by atoms with van der Waals surface area (Å²) in [5.41, 5.74) is 0.532. The largest absolute Gasteiger partial charge is 0.320 e. The van der Waals surface area contributed by atoms with E-state index in [0.717, 1.165) is 28.9 Å². The summed E-state index contributed by atoms with van der Waals surface area (Å²) in [5, 5.41) is 12.5. The van der Waals surface area contributed by atoms with Crippen LogP contribution in [0, 0.1) is 10.1 Å². The van der Waals surface area contributed by atoms with Gasteiger partial charge in [-0.1, -0.05) is 18.2 Å². The molecule has 7 nitrogen and oxygen atoms in total. The van der Waals surface area contributed by atoms with Crippen LogP contribution >= 0.6 is 23.4 Å². The normalized spacial score (nSPS) is 10.7. The second kappa shape index (κ2) is 5.58. The van der Waals surface area contributed by atoms with Gasteiger partial charge in [-0.15, -0.1) is 0 Å². The monoisotopic (exact) mass is 319 g/mol. The number of halogens is 1.